The molecule has 0 aromatic heterocycles. The summed E-state index contributed by atoms with van der Waals surface area (Å²) in [6, 6.07) is 0. The lowest BCUT2D eigenvalue weighted by Crippen LogP contribution is -2.23. The maximum atomic E-state index is 2.40. The molecule has 0 spiro atoms. The summed E-state index contributed by atoms with van der Waals surface area (Å²) in [6.45, 7) is 2.40. The van der Waals surface area contributed by atoms with Crippen molar-refractivity contribution in [1.29, 1.82) is 0 Å². The predicted molar refractivity (Wildman–Crippen MR) is 57.7 cm³/mol. The van der Waals surface area contributed by atoms with Crippen molar-refractivity contribution < 1.29 is 0 Å². The van der Waals surface area contributed by atoms with Crippen molar-refractivity contribution in [3.8, 4) is 0 Å². The van der Waals surface area contributed by atoms with Crippen LogP contribution in [-0.4, -0.2) is 0 Å². The van der Waals surface area contributed by atoms with Gasteiger partial charge in [-0.2, -0.15) is 0 Å². The third kappa shape index (κ3) is 2.27. The smallest absolute Gasteiger partial charge is 0.0386 e. The lowest BCUT2D eigenvalue weighted by atomic mass is 9.71. The van der Waals surface area contributed by atoms with Gasteiger partial charge in [0.2, 0.25) is 0 Å². The van der Waals surface area contributed by atoms with Crippen molar-refractivity contribution in [3.63, 3.8) is 0 Å². The molecule has 0 aromatic carbocycles. The van der Waals surface area contributed by atoms with Gasteiger partial charge < -0.3 is 0 Å². The molecule has 1 unspecified atom stereocenters. The highest BCUT2D eigenvalue weighted by Gasteiger charge is 2.28. The van der Waals surface area contributed by atoms with Gasteiger partial charge in [0.15, 0.2) is 0 Å². The Kier molecular flexibility index (Phi) is 3.29. The fourth-order valence-corrected chi connectivity index (χ4v) is 3.28. The van der Waals surface area contributed by atoms with Crippen molar-refractivity contribution in [2.45, 2.75) is 64.7 Å². The minimum absolute atomic E-state index is 1.09. The summed E-state index contributed by atoms with van der Waals surface area (Å²) in [5.41, 5.74) is 0. The fraction of sp³-hybridized carbons (Fsp3) is 1.00. The second-order valence-electron chi connectivity index (χ2n) is 5.25. The minimum Gasteiger partial charge on any atom is -0.0651 e. The zero-order valence-corrected chi connectivity index (χ0v) is 9.10. The van der Waals surface area contributed by atoms with E-state index in [0.29, 0.717) is 0 Å². The summed E-state index contributed by atoms with van der Waals surface area (Å²) in [6.07, 6.45) is 13.8. The third-order valence-electron chi connectivity index (χ3n) is 4.45. The first kappa shape index (κ1) is 9.55. The lowest BCUT2D eigenvalue weighted by molar-refractivity contribution is 0.170. The SMILES string of the molecule is CCC(CC1CCCC1)C1CCC1. The monoisotopic (exact) mass is 180 g/mol. The molecule has 0 heteroatoms. The molecule has 2 rings (SSSR count). The summed E-state index contributed by atoms with van der Waals surface area (Å²) < 4.78 is 0. The molecule has 2 aliphatic rings. The molecule has 0 heterocycles. The molecule has 0 saturated heterocycles. The second kappa shape index (κ2) is 4.48. The van der Waals surface area contributed by atoms with Crippen LogP contribution in [0.1, 0.15) is 64.7 Å². The zero-order valence-electron chi connectivity index (χ0n) is 9.10. The molecule has 2 fully saturated rings. The Hall–Kier alpha value is 0. The molecule has 76 valence electrons. The molecule has 0 aromatic rings. The molecule has 1 atom stereocenters. The minimum atomic E-state index is 1.09. The van der Waals surface area contributed by atoms with E-state index in [1.807, 2.05) is 0 Å². The van der Waals surface area contributed by atoms with Gasteiger partial charge >= 0.3 is 0 Å². The van der Waals surface area contributed by atoms with E-state index in [9.17, 15) is 0 Å². The summed E-state index contributed by atoms with van der Waals surface area (Å²) in [4.78, 5) is 0. The highest BCUT2D eigenvalue weighted by molar-refractivity contribution is 4.80. The van der Waals surface area contributed by atoms with Crippen LogP contribution in [0, 0.1) is 17.8 Å². The Labute approximate surface area is 83.1 Å². The summed E-state index contributed by atoms with van der Waals surface area (Å²) >= 11 is 0. The fourth-order valence-electron chi connectivity index (χ4n) is 3.28. The van der Waals surface area contributed by atoms with E-state index < -0.39 is 0 Å². The van der Waals surface area contributed by atoms with Crippen molar-refractivity contribution in [2.75, 3.05) is 0 Å². The third-order valence-corrected chi connectivity index (χ3v) is 4.45. The Morgan fingerprint density at radius 1 is 1.00 bits per heavy atom. The Morgan fingerprint density at radius 2 is 1.69 bits per heavy atom. The van der Waals surface area contributed by atoms with Crippen molar-refractivity contribution >= 4 is 0 Å². The van der Waals surface area contributed by atoms with Crippen molar-refractivity contribution in [3.05, 3.63) is 0 Å². The van der Waals surface area contributed by atoms with Crippen LogP contribution in [0.2, 0.25) is 0 Å². The maximum Gasteiger partial charge on any atom is -0.0386 e. The molecule has 0 amide bonds. The van der Waals surface area contributed by atoms with E-state index in [2.05, 4.69) is 6.92 Å². The normalized spacial score (nSPS) is 27.5. The largest absolute Gasteiger partial charge is 0.0651 e. The van der Waals surface area contributed by atoms with E-state index in [-0.39, 0.29) is 0 Å². The van der Waals surface area contributed by atoms with Crippen LogP contribution in [0.15, 0.2) is 0 Å². The van der Waals surface area contributed by atoms with Gasteiger partial charge in [0.25, 0.3) is 0 Å². The van der Waals surface area contributed by atoms with Crippen LogP contribution in [0.25, 0.3) is 0 Å². The Bertz CT molecular complexity index is 140. The first-order valence-electron chi connectivity index (χ1n) is 6.40. The van der Waals surface area contributed by atoms with Crippen LogP contribution in [0.4, 0.5) is 0 Å². The highest BCUT2D eigenvalue weighted by atomic mass is 14.3. The maximum absolute atomic E-state index is 2.40. The Morgan fingerprint density at radius 3 is 2.15 bits per heavy atom. The average molecular weight is 180 g/mol. The topological polar surface area (TPSA) is 0 Å². The summed E-state index contributed by atoms with van der Waals surface area (Å²) in [5.74, 6) is 3.34. The molecule has 2 aliphatic carbocycles. The zero-order chi connectivity index (χ0) is 9.10. The van der Waals surface area contributed by atoms with Gasteiger partial charge in [-0.15, -0.1) is 0 Å². The molecule has 2 saturated carbocycles. The highest BCUT2D eigenvalue weighted by Crippen LogP contribution is 2.41. The molecule has 0 bridgehead atoms. The first-order valence-corrected chi connectivity index (χ1v) is 6.40. The van der Waals surface area contributed by atoms with E-state index in [0.717, 1.165) is 17.8 Å². The Balaban J connectivity index is 1.75. The van der Waals surface area contributed by atoms with Gasteiger partial charge in [-0.25, -0.2) is 0 Å². The molecular weight excluding hydrogens is 156 g/mol. The first-order chi connectivity index (χ1) is 6.40. The van der Waals surface area contributed by atoms with E-state index in [1.54, 1.807) is 32.1 Å². The molecule has 13 heavy (non-hydrogen) atoms. The van der Waals surface area contributed by atoms with Crippen LogP contribution < -0.4 is 0 Å². The molecule has 0 nitrogen and oxygen atoms in total. The molecule has 0 N–H and O–H groups in total. The van der Waals surface area contributed by atoms with Crippen molar-refractivity contribution in [1.82, 2.24) is 0 Å². The van der Waals surface area contributed by atoms with Gasteiger partial charge in [-0.05, 0) is 24.2 Å². The van der Waals surface area contributed by atoms with Gasteiger partial charge in [0.05, 0.1) is 0 Å². The number of hydrogen-bond donors (Lipinski definition) is 0. The summed E-state index contributed by atoms with van der Waals surface area (Å²) in [5, 5.41) is 0. The van der Waals surface area contributed by atoms with E-state index >= 15 is 0 Å². The van der Waals surface area contributed by atoms with Crippen LogP contribution in [-0.2, 0) is 0 Å². The number of rotatable bonds is 4. The van der Waals surface area contributed by atoms with E-state index in [1.165, 1.54) is 25.7 Å². The molecule has 0 aliphatic heterocycles. The number of hydrogen-bond acceptors (Lipinski definition) is 0. The average Bonchev–Trinajstić information content (AvgIpc) is 2.52. The van der Waals surface area contributed by atoms with Gasteiger partial charge in [0.1, 0.15) is 0 Å². The quantitative estimate of drug-likeness (QED) is 0.602. The van der Waals surface area contributed by atoms with Gasteiger partial charge in [-0.1, -0.05) is 58.3 Å². The van der Waals surface area contributed by atoms with E-state index in [4.69, 9.17) is 0 Å². The van der Waals surface area contributed by atoms with Crippen molar-refractivity contribution in [2.24, 2.45) is 17.8 Å². The van der Waals surface area contributed by atoms with Crippen LogP contribution in [0.5, 0.6) is 0 Å². The second-order valence-corrected chi connectivity index (χ2v) is 5.25. The standard InChI is InChI=1S/C13H24/c1-2-12(13-8-5-9-13)10-11-6-3-4-7-11/h11-13H,2-10H2,1H3. The predicted octanol–water partition coefficient (Wildman–Crippen LogP) is 4.39. The summed E-state index contributed by atoms with van der Waals surface area (Å²) in [7, 11) is 0. The van der Waals surface area contributed by atoms with Gasteiger partial charge in [-0.3, -0.25) is 0 Å². The molecule has 0 radical (unpaired) electrons. The lowest BCUT2D eigenvalue weighted by Gasteiger charge is -2.34. The van der Waals surface area contributed by atoms with Gasteiger partial charge in [0, 0.05) is 0 Å². The molecular formula is C13H24. The van der Waals surface area contributed by atoms with Crippen LogP contribution >= 0.6 is 0 Å². The van der Waals surface area contributed by atoms with Crippen LogP contribution in [0.3, 0.4) is 0 Å².